The summed E-state index contributed by atoms with van der Waals surface area (Å²) in [6.07, 6.45) is 7.29. The molecule has 1 aliphatic carbocycles. The Morgan fingerprint density at radius 1 is 1.41 bits per heavy atom. The topological polar surface area (TPSA) is 55.1 Å². The van der Waals surface area contributed by atoms with Gasteiger partial charge in [0.25, 0.3) is 0 Å². The van der Waals surface area contributed by atoms with Gasteiger partial charge in [-0.3, -0.25) is 4.79 Å². The lowest BCUT2D eigenvalue weighted by atomic mass is 9.82. The third-order valence-corrected chi connectivity index (χ3v) is 4.49. The summed E-state index contributed by atoms with van der Waals surface area (Å²) in [5.74, 6) is 0.784. The molecular formula is C14H28N2O. The molecule has 1 fully saturated rings. The molecular weight excluding hydrogens is 212 g/mol. The molecule has 0 spiro atoms. The van der Waals surface area contributed by atoms with Crippen LogP contribution in [0.1, 0.15) is 59.3 Å². The molecule has 0 radical (unpaired) electrons. The van der Waals surface area contributed by atoms with Crippen molar-refractivity contribution >= 4 is 5.91 Å². The predicted molar refractivity (Wildman–Crippen MR) is 71.6 cm³/mol. The number of carbonyl (C=O) groups excluding carboxylic acids is 1. The van der Waals surface area contributed by atoms with E-state index in [0.29, 0.717) is 18.5 Å². The van der Waals surface area contributed by atoms with Crippen molar-refractivity contribution in [2.24, 2.45) is 17.1 Å². The van der Waals surface area contributed by atoms with Gasteiger partial charge in [-0.15, -0.1) is 0 Å². The van der Waals surface area contributed by atoms with Crippen molar-refractivity contribution in [1.82, 2.24) is 5.32 Å². The van der Waals surface area contributed by atoms with Gasteiger partial charge in [-0.1, -0.05) is 26.2 Å². The smallest absolute Gasteiger partial charge is 0.227 e. The summed E-state index contributed by atoms with van der Waals surface area (Å²) in [6.45, 7) is 6.54. The fourth-order valence-corrected chi connectivity index (χ4v) is 2.53. The van der Waals surface area contributed by atoms with Gasteiger partial charge >= 0.3 is 0 Å². The highest BCUT2D eigenvalue weighted by atomic mass is 16.2. The SMILES string of the molecule is CCC(C)(CN)C(=O)N[C@@H](C)C1CCCCC1. The first-order valence-electron chi connectivity index (χ1n) is 7.04. The van der Waals surface area contributed by atoms with Crippen LogP contribution in [0.2, 0.25) is 0 Å². The summed E-state index contributed by atoms with van der Waals surface area (Å²) in [5.41, 5.74) is 5.31. The van der Waals surface area contributed by atoms with Gasteiger partial charge in [-0.2, -0.15) is 0 Å². The van der Waals surface area contributed by atoms with Crippen LogP contribution in [0.4, 0.5) is 0 Å². The average Bonchev–Trinajstić information content (AvgIpc) is 2.38. The predicted octanol–water partition coefficient (Wildman–Crippen LogP) is 2.45. The maximum Gasteiger partial charge on any atom is 0.227 e. The van der Waals surface area contributed by atoms with E-state index in [1.807, 2.05) is 13.8 Å². The lowest BCUT2D eigenvalue weighted by Crippen LogP contribution is -2.48. The summed E-state index contributed by atoms with van der Waals surface area (Å²) < 4.78 is 0. The van der Waals surface area contributed by atoms with Crippen LogP contribution in [-0.2, 0) is 4.79 Å². The zero-order valence-electron chi connectivity index (χ0n) is 11.6. The highest BCUT2D eigenvalue weighted by Gasteiger charge is 2.32. The second-order valence-corrected chi connectivity index (χ2v) is 5.78. The van der Waals surface area contributed by atoms with E-state index in [4.69, 9.17) is 5.73 Å². The minimum Gasteiger partial charge on any atom is -0.353 e. The van der Waals surface area contributed by atoms with E-state index in [-0.39, 0.29) is 5.91 Å². The van der Waals surface area contributed by atoms with Crippen LogP contribution in [0.5, 0.6) is 0 Å². The molecule has 100 valence electrons. The molecule has 0 aromatic carbocycles. The minimum absolute atomic E-state index is 0.126. The Morgan fingerprint density at radius 3 is 2.47 bits per heavy atom. The second kappa shape index (κ2) is 6.39. The van der Waals surface area contributed by atoms with Crippen LogP contribution in [0.3, 0.4) is 0 Å². The van der Waals surface area contributed by atoms with Gasteiger partial charge in [-0.25, -0.2) is 0 Å². The minimum atomic E-state index is -0.400. The van der Waals surface area contributed by atoms with Crippen LogP contribution >= 0.6 is 0 Å². The Kier molecular flexibility index (Phi) is 5.44. The van der Waals surface area contributed by atoms with E-state index in [1.165, 1.54) is 32.1 Å². The molecule has 0 bridgehead atoms. The summed E-state index contributed by atoms with van der Waals surface area (Å²) in [6, 6.07) is 0.292. The van der Waals surface area contributed by atoms with Gasteiger partial charge < -0.3 is 11.1 Å². The van der Waals surface area contributed by atoms with Gasteiger partial charge in [0.1, 0.15) is 0 Å². The zero-order valence-corrected chi connectivity index (χ0v) is 11.6. The van der Waals surface area contributed by atoms with Crippen molar-refractivity contribution in [3.05, 3.63) is 0 Å². The number of hydrogen-bond acceptors (Lipinski definition) is 2. The van der Waals surface area contributed by atoms with Crippen LogP contribution in [-0.4, -0.2) is 18.5 Å². The van der Waals surface area contributed by atoms with Gasteiger partial charge in [-0.05, 0) is 39.0 Å². The van der Waals surface area contributed by atoms with Crippen molar-refractivity contribution < 1.29 is 4.79 Å². The first kappa shape index (κ1) is 14.5. The molecule has 1 saturated carbocycles. The quantitative estimate of drug-likeness (QED) is 0.775. The monoisotopic (exact) mass is 240 g/mol. The maximum atomic E-state index is 12.2. The average molecular weight is 240 g/mol. The summed E-state index contributed by atoms with van der Waals surface area (Å²) in [7, 11) is 0. The third-order valence-electron chi connectivity index (χ3n) is 4.49. The third kappa shape index (κ3) is 3.70. The summed E-state index contributed by atoms with van der Waals surface area (Å²) in [5, 5.41) is 3.17. The molecule has 0 saturated heterocycles. The van der Waals surface area contributed by atoms with E-state index >= 15 is 0 Å². The molecule has 1 aliphatic rings. The molecule has 0 aliphatic heterocycles. The van der Waals surface area contributed by atoms with Crippen molar-refractivity contribution in [1.29, 1.82) is 0 Å². The van der Waals surface area contributed by atoms with Crippen molar-refractivity contribution in [3.8, 4) is 0 Å². The van der Waals surface area contributed by atoms with E-state index in [0.717, 1.165) is 6.42 Å². The number of nitrogens with one attached hydrogen (secondary N) is 1. The zero-order chi connectivity index (χ0) is 12.9. The van der Waals surface area contributed by atoms with Crippen molar-refractivity contribution in [2.75, 3.05) is 6.54 Å². The normalized spacial score (nSPS) is 22.8. The number of amides is 1. The molecule has 2 atom stereocenters. The molecule has 1 rings (SSSR count). The second-order valence-electron chi connectivity index (χ2n) is 5.78. The Morgan fingerprint density at radius 2 is 2.00 bits per heavy atom. The van der Waals surface area contributed by atoms with Crippen molar-refractivity contribution in [3.63, 3.8) is 0 Å². The fourth-order valence-electron chi connectivity index (χ4n) is 2.53. The highest BCUT2D eigenvalue weighted by Crippen LogP contribution is 2.27. The number of nitrogens with two attached hydrogens (primary N) is 1. The number of rotatable bonds is 5. The molecule has 3 N–H and O–H groups in total. The fraction of sp³-hybridized carbons (Fsp3) is 0.929. The van der Waals surface area contributed by atoms with Crippen LogP contribution in [0, 0.1) is 11.3 Å². The standard InChI is InChI=1S/C14H28N2O/c1-4-14(3,10-15)13(17)16-11(2)12-8-6-5-7-9-12/h11-12H,4-10,15H2,1-3H3,(H,16,17)/t11-,14?/m0/s1. The summed E-state index contributed by atoms with van der Waals surface area (Å²) >= 11 is 0. The van der Waals surface area contributed by atoms with Gasteiger partial charge in [0.05, 0.1) is 5.41 Å². The first-order valence-corrected chi connectivity index (χ1v) is 7.04. The first-order chi connectivity index (χ1) is 8.03. The molecule has 17 heavy (non-hydrogen) atoms. The van der Waals surface area contributed by atoms with Crippen LogP contribution < -0.4 is 11.1 Å². The molecule has 3 nitrogen and oxygen atoms in total. The van der Waals surface area contributed by atoms with Gasteiger partial charge in [0.2, 0.25) is 5.91 Å². The van der Waals surface area contributed by atoms with E-state index in [1.54, 1.807) is 0 Å². The summed E-state index contributed by atoms with van der Waals surface area (Å²) in [4.78, 5) is 12.2. The van der Waals surface area contributed by atoms with Gasteiger partial charge in [0, 0.05) is 12.6 Å². The van der Waals surface area contributed by atoms with Crippen molar-refractivity contribution in [2.45, 2.75) is 65.3 Å². The molecule has 0 aromatic rings. The van der Waals surface area contributed by atoms with E-state index in [2.05, 4.69) is 12.2 Å². The van der Waals surface area contributed by atoms with E-state index in [9.17, 15) is 4.79 Å². The number of hydrogen-bond donors (Lipinski definition) is 2. The molecule has 1 amide bonds. The van der Waals surface area contributed by atoms with Crippen LogP contribution in [0.25, 0.3) is 0 Å². The lowest BCUT2D eigenvalue weighted by Gasteiger charge is -2.32. The lowest BCUT2D eigenvalue weighted by molar-refractivity contribution is -0.131. The highest BCUT2D eigenvalue weighted by molar-refractivity contribution is 5.82. The Hall–Kier alpha value is -0.570. The molecule has 1 unspecified atom stereocenters. The Balaban J connectivity index is 2.49. The maximum absolute atomic E-state index is 12.2. The number of carbonyl (C=O) groups is 1. The van der Waals surface area contributed by atoms with Crippen LogP contribution in [0.15, 0.2) is 0 Å². The Labute approximate surface area is 106 Å². The molecule has 0 aromatic heterocycles. The molecule has 3 heteroatoms. The molecule has 0 heterocycles. The van der Waals surface area contributed by atoms with Gasteiger partial charge in [0.15, 0.2) is 0 Å². The Bertz CT molecular complexity index is 243. The largest absolute Gasteiger partial charge is 0.353 e. The van der Waals surface area contributed by atoms with E-state index < -0.39 is 5.41 Å².